The third kappa shape index (κ3) is 3.85. The number of methoxy groups -OCH3 is 1. The van der Waals surface area contributed by atoms with E-state index in [0.29, 0.717) is 5.56 Å². The molecule has 1 rings (SSSR count). The van der Waals surface area contributed by atoms with E-state index >= 15 is 0 Å². The number of rotatable bonds is 3. The van der Waals surface area contributed by atoms with Crippen LogP contribution in [0.2, 0.25) is 0 Å². The largest absolute Gasteiger partial charge is 0.469 e. The van der Waals surface area contributed by atoms with Crippen molar-refractivity contribution < 1.29 is 13.9 Å². The molecule has 1 atom stereocenters. The fourth-order valence-corrected chi connectivity index (χ4v) is 1.15. The zero-order valence-electron chi connectivity index (χ0n) is 8.27. The van der Waals surface area contributed by atoms with E-state index in [9.17, 15) is 9.18 Å². The first kappa shape index (κ1) is 13.9. The lowest BCUT2D eigenvalue weighted by Gasteiger charge is -2.10. The van der Waals surface area contributed by atoms with E-state index in [-0.39, 0.29) is 18.8 Å². The zero-order valence-corrected chi connectivity index (χ0v) is 9.09. The highest BCUT2D eigenvalue weighted by atomic mass is 35.5. The van der Waals surface area contributed by atoms with Crippen molar-refractivity contribution in [2.75, 3.05) is 7.11 Å². The van der Waals surface area contributed by atoms with E-state index in [1.54, 1.807) is 18.2 Å². The van der Waals surface area contributed by atoms with Gasteiger partial charge in [-0.25, -0.2) is 4.39 Å². The van der Waals surface area contributed by atoms with Gasteiger partial charge in [0.1, 0.15) is 5.82 Å². The highest BCUT2D eigenvalue weighted by Crippen LogP contribution is 2.17. The first-order chi connectivity index (χ1) is 6.65. The normalized spacial score (nSPS) is 11.4. The van der Waals surface area contributed by atoms with Crippen molar-refractivity contribution in [1.82, 2.24) is 0 Å². The SMILES string of the molecule is COC(=O)C[C@@H](N)c1ccccc1F.Cl. The molecule has 1 aromatic carbocycles. The van der Waals surface area contributed by atoms with Crippen molar-refractivity contribution in [3.8, 4) is 0 Å². The summed E-state index contributed by atoms with van der Waals surface area (Å²) in [5, 5.41) is 0. The molecule has 0 radical (unpaired) electrons. The molecule has 0 aromatic heterocycles. The molecular formula is C10H13ClFNO2. The van der Waals surface area contributed by atoms with E-state index in [2.05, 4.69) is 4.74 Å². The highest BCUT2D eigenvalue weighted by Gasteiger charge is 2.14. The van der Waals surface area contributed by atoms with Crippen LogP contribution in [0.1, 0.15) is 18.0 Å². The van der Waals surface area contributed by atoms with Crippen molar-refractivity contribution >= 4 is 18.4 Å². The van der Waals surface area contributed by atoms with E-state index in [1.165, 1.54) is 13.2 Å². The molecule has 2 N–H and O–H groups in total. The quantitative estimate of drug-likeness (QED) is 0.811. The van der Waals surface area contributed by atoms with E-state index in [4.69, 9.17) is 5.73 Å². The second-order valence-corrected chi connectivity index (χ2v) is 2.91. The summed E-state index contributed by atoms with van der Waals surface area (Å²) in [7, 11) is 1.27. The molecule has 0 unspecified atom stereocenters. The molecule has 0 saturated carbocycles. The Morgan fingerprint density at radius 3 is 2.67 bits per heavy atom. The van der Waals surface area contributed by atoms with Crippen LogP contribution in [0.5, 0.6) is 0 Å². The van der Waals surface area contributed by atoms with Crippen LogP contribution in [-0.4, -0.2) is 13.1 Å². The molecule has 0 aliphatic heterocycles. The van der Waals surface area contributed by atoms with Crippen molar-refractivity contribution in [1.29, 1.82) is 0 Å². The van der Waals surface area contributed by atoms with Gasteiger partial charge < -0.3 is 10.5 Å². The number of hydrogen-bond acceptors (Lipinski definition) is 3. The van der Waals surface area contributed by atoms with Gasteiger partial charge in [-0.15, -0.1) is 12.4 Å². The molecule has 15 heavy (non-hydrogen) atoms. The van der Waals surface area contributed by atoms with Gasteiger partial charge in [0.2, 0.25) is 0 Å². The van der Waals surface area contributed by atoms with Gasteiger partial charge in [0.05, 0.1) is 13.5 Å². The molecule has 0 amide bonds. The van der Waals surface area contributed by atoms with Gasteiger partial charge in [-0.1, -0.05) is 18.2 Å². The maximum Gasteiger partial charge on any atom is 0.307 e. The number of hydrogen-bond donors (Lipinski definition) is 1. The summed E-state index contributed by atoms with van der Waals surface area (Å²) >= 11 is 0. The fraction of sp³-hybridized carbons (Fsp3) is 0.300. The van der Waals surface area contributed by atoms with E-state index in [1.807, 2.05) is 0 Å². The second kappa shape index (κ2) is 6.37. The first-order valence-corrected chi connectivity index (χ1v) is 4.22. The average molecular weight is 234 g/mol. The van der Waals surface area contributed by atoms with Gasteiger partial charge >= 0.3 is 5.97 Å². The number of carbonyl (C=O) groups is 1. The third-order valence-electron chi connectivity index (χ3n) is 1.92. The molecule has 1 aromatic rings. The zero-order chi connectivity index (χ0) is 10.6. The van der Waals surface area contributed by atoms with E-state index < -0.39 is 17.8 Å². The third-order valence-corrected chi connectivity index (χ3v) is 1.92. The Kier molecular flexibility index (Phi) is 5.89. The lowest BCUT2D eigenvalue weighted by molar-refractivity contribution is -0.141. The molecule has 84 valence electrons. The summed E-state index contributed by atoms with van der Waals surface area (Å²) in [6.07, 6.45) is -0.0164. The number of carbonyl (C=O) groups excluding carboxylic acids is 1. The van der Waals surface area contributed by atoms with Crippen LogP contribution in [-0.2, 0) is 9.53 Å². The fourth-order valence-electron chi connectivity index (χ4n) is 1.15. The summed E-state index contributed by atoms with van der Waals surface area (Å²) in [6, 6.07) is 5.47. The molecule has 5 heteroatoms. The highest BCUT2D eigenvalue weighted by molar-refractivity contribution is 5.85. The van der Waals surface area contributed by atoms with Crippen molar-refractivity contribution in [2.45, 2.75) is 12.5 Å². The molecule has 0 bridgehead atoms. The molecule has 0 aliphatic carbocycles. The topological polar surface area (TPSA) is 52.3 Å². The van der Waals surface area contributed by atoms with Gasteiger partial charge in [0.15, 0.2) is 0 Å². The van der Waals surface area contributed by atoms with Crippen LogP contribution >= 0.6 is 12.4 Å². The molecular weight excluding hydrogens is 221 g/mol. The number of esters is 1. The summed E-state index contributed by atoms with van der Waals surface area (Å²) in [6.45, 7) is 0. The van der Waals surface area contributed by atoms with Crippen LogP contribution in [0.4, 0.5) is 4.39 Å². The number of benzene rings is 1. The van der Waals surface area contributed by atoms with Gasteiger partial charge in [-0.05, 0) is 6.07 Å². The van der Waals surface area contributed by atoms with E-state index in [0.717, 1.165) is 0 Å². The second-order valence-electron chi connectivity index (χ2n) is 2.91. The molecule has 0 aliphatic rings. The molecule has 3 nitrogen and oxygen atoms in total. The Hall–Kier alpha value is -1.13. The minimum Gasteiger partial charge on any atom is -0.469 e. The average Bonchev–Trinajstić information content (AvgIpc) is 2.18. The van der Waals surface area contributed by atoms with Crippen molar-refractivity contribution in [3.63, 3.8) is 0 Å². The Morgan fingerprint density at radius 1 is 1.53 bits per heavy atom. The van der Waals surface area contributed by atoms with Crippen molar-refractivity contribution in [3.05, 3.63) is 35.6 Å². The standard InChI is InChI=1S/C10H12FNO2.ClH/c1-14-10(13)6-9(12)7-4-2-3-5-8(7)11;/h2-5,9H,6,12H2,1H3;1H/t9-;/m1./s1. The predicted molar refractivity (Wildman–Crippen MR) is 57.2 cm³/mol. The summed E-state index contributed by atoms with van der Waals surface area (Å²) in [5.74, 6) is -0.843. The Balaban J connectivity index is 0.00000196. The van der Waals surface area contributed by atoms with Crippen LogP contribution in [0.25, 0.3) is 0 Å². The lowest BCUT2D eigenvalue weighted by Crippen LogP contribution is -2.17. The molecule has 0 saturated heterocycles. The number of ether oxygens (including phenoxy) is 1. The Labute approximate surface area is 93.8 Å². The molecule has 0 fully saturated rings. The first-order valence-electron chi connectivity index (χ1n) is 4.22. The lowest BCUT2D eigenvalue weighted by atomic mass is 10.0. The Morgan fingerprint density at radius 2 is 2.13 bits per heavy atom. The van der Waals surface area contributed by atoms with Crippen LogP contribution in [0.15, 0.2) is 24.3 Å². The number of halogens is 2. The Bertz CT molecular complexity index is 333. The van der Waals surface area contributed by atoms with Crippen LogP contribution in [0.3, 0.4) is 0 Å². The minimum absolute atomic E-state index is 0. The summed E-state index contributed by atoms with van der Waals surface area (Å²) in [4.78, 5) is 10.9. The minimum atomic E-state index is -0.649. The van der Waals surface area contributed by atoms with Gasteiger partial charge in [0, 0.05) is 11.6 Å². The monoisotopic (exact) mass is 233 g/mol. The maximum absolute atomic E-state index is 13.2. The number of nitrogens with two attached hydrogens (primary N) is 1. The van der Waals surface area contributed by atoms with Gasteiger partial charge in [0.25, 0.3) is 0 Å². The smallest absolute Gasteiger partial charge is 0.307 e. The summed E-state index contributed by atoms with van der Waals surface area (Å²) < 4.78 is 17.6. The van der Waals surface area contributed by atoms with Crippen LogP contribution < -0.4 is 5.73 Å². The van der Waals surface area contributed by atoms with Gasteiger partial charge in [-0.2, -0.15) is 0 Å². The molecule has 0 spiro atoms. The summed E-state index contributed by atoms with van der Waals surface area (Å²) in [5.41, 5.74) is 5.96. The maximum atomic E-state index is 13.2. The van der Waals surface area contributed by atoms with Gasteiger partial charge in [-0.3, -0.25) is 4.79 Å². The predicted octanol–water partition coefficient (Wildman–Crippen LogP) is 1.81. The molecule has 0 heterocycles. The van der Waals surface area contributed by atoms with Crippen molar-refractivity contribution in [2.24, 2.45) is 5.73 Å². The van der Waals surface area contributed by atoms with Crippen LogP contribution in [0, 0.1) is 5.82 Å².